The number of ether oxygens (including phenoxy) is 1. The van der Waals surface area contributed by atoms with E-state index in [1.54, 1.807) is 0 Å². The highest BCUT2D eigenvalue weighted by Crippen LogP contribution is 2.51. The third-order valence-corrected chi connectivity index (χ3v) is 2.11. The molecular formula is C7H10O. The molecule has 2 aliphatic rings. The Morgan fingerprint density at radius 3 is 2.88 bits per heavy atom. The minimum absolute atomic E-state index is 0.233. The van der Waals surface area contributed by atoms with Gasteiger partial charge < -0.3 is 4.74 Å². The van der Waals surface area contributed by atoms with Crippen molar-refractivity contribution in [2.45, 2.75) is 31.5 Å². The average molecular weight is 110 g/mol. The quantitative estimate of drug-likeness (QED) is 0.340. The number of hydrogen-bond acceptors (Lipinski definition) is 1. The van der Waals surface area contributed by atoms with Gasteiger partial charge in [0.05, 0.1) is 11.7 Å². The Morgan fingerprint density at radius 2 is 2.62 bits per heavy atom. The van der Waals surface area contributed by atoms with Crippen LogP contribution in [0.2, 0.25) is 0 Å². The van der Waals surface area contributed by atoms with Crippen molar-refractivity contribution in [3.8, 4) is 0 Å². The minimum Gasteiger partial charge on any atom is -0.366 e. The fourth-order valence-electron chi connectivity index (χ4n) is 1.53. The van der Waals surface area contributed by atoms with Gasteiger partial charge in [-0.25, -0.2) is 0 Å². The van der Waals surface area contributed by atoms with E-state index in [0.717, 1.165) is 12.8 Å². The zero-order chi connectivity index (χ0) is 5.78. The Labute approximate surface area is 49.3 Å². The fraction of sp³-hybridized carbons (Fsp3) is 0.714. The van der Waals surface area contributed by atoms with Crippen LogP contribution in [0.3, 0.4) is 0 Å². The van der Waals surface area contributed by atoms with Crippen LogP contribution in [0, 0.1) is 0 Å². The first-order valence-corrected chi connectivity index (χ1v) is 3.05. The van der Waals surface area contributed by atoms with Crippen molar-refractivity contribution in [2.75, 3.05) is 0 Å². The van der Waals surface area contributed by atoms with Crippen molar-refractivity contribution in [1.82, 2.24) is 0 Å². The van der Waals surface area contributed by atoms with E-state index in [1.165, 1.54) is 5.57 Å². The standard InChI is InChI=1S/C7H10O/c1-5-3-6-7(2,4-5)8-6/h6H,1,3-4H2,2H3. The summed E-state index contributed by atoms with van der Waals surface area (Å²) in [5.41, 5.74) is 1.60. The van der Waals surface area contributed by atoms with Gasteiger partial charge in [0.1, 0.15) is 0 Å². The summed E-state index contributed by atoms with van der Waals surface area (Å²) in [5.74, 6) is 0. The summed E-state index contributed by atoms with van der Waals surface area (Å²) in [4.78, 5) is 0. The van der Waals surface area contributed by atoms with Crippen LogP contribution in [0.15, 0.2) is 12.2 Å². The lowest BCUT2D eigenvalue weighted by Crippen LogP contribution is -1.99. The van der Waals surface area contributed by atoms with Gasteiger partial charge in [-0.15, -0.1) is 0 Å². The first-order valence-electron chi connectivity index (χ1n) is 3.05. The van der Waals surface area contributed by atoms with Crippen LogP contribution < -0.4 is 0 Å². The number of rotatable bonds is 0. The maximum absolute atomic E-state index is 5.35. The van der Waals surface area contributed by atoms with E-state index in [-0.39, 0.29) is 5.60 Å². The van der Waals surface area contributed by atoms with E-state index in [2.05, 4.69) is 13.5 Å². The van der Waals surface area contributed by atoms with Crippen LogP contribution in [0.25, 0.3) is 0 Å². The summed E-state index contributed by atoms with van der Waals surface area (Å²) < 4.78 is 5.35. The lowest BCUT2D eigenvalue weighted by Gasteiger charge is -1.97. The SMILES string of the molecule is C=C1CC2OC2(C)C1. The Kier molecular flexibility index (Phi) is 0.575. The largest absolute Gasteiger partial charge is 0.366 e. The molecule has 1 heterocycles. The van der Waals surface area contributed by atoms with Crippen molar-refractivity contribution < 1.29 is 4.74 Å². The molecular weight excluding hydrogens is 100 g/mol. The van der Waals surface area contributed by atoms with Crippen LogP contribution in [-0.2, 0) is 4.74 Å². The minimum atomic E-state index is 0.233. The van der Waals surface area contributed by atoms with Crippen LogP contribution in [0.4, 0.5) is 0 Å². The molecule has 0 aromatic heterocycles. The van der Waals surface area contributed by atoms with Crippen molar-refractivity contribution in [3.05, 3.63) is 12.2 Å². The summed E-state index contributed by atoms with van der Waals surface area (Å²) in [6.07, 6.45) is 2.74. The highest BCUT2D eigenvalue weighted by Gasteiger charge is 2.56. The lowest BCUT2D eigenvalue weighted by molar-refractivity contribution is 0.289. The van der Waals surface area contributed by atoms with Gasteiger partial charge in [-0.3, -0.25) is 0 Å². The molecule has 0 amide bonds. The molecule has 2 rings (SSSR count). The van der Waals surface area contributed by atoms with Gasteiger partial charge in [0.15, 0.2) is 0 Å². The summed E-state index contributed by atoms with van der Waals surface area (Å²) >= 11 is 0. The Balaban J connectivity index is 2.21. The fourth-order valence-corrected chi connectivity index (χ4v) is 1.53. The molecule has 2 unspecified atom stereocenters. The van der Waals surface area contributed by atoms with Gasteiger partial charge in [-0.2, -0.15) is 0 Å². The smallest absolute Gasteiger partial charge is 0.0960 e. The lowest BCUT2D eigenvalue weighted by atomic mass is 10.1. The molecule has 0 aromatic rings. The summed E-state index contributed by atoms with van der Waals surface area (Å²) in [6, 6.07) is 0. The van der Waals surface area contributed by atoms with Gasteiger partial charge in [-0.1, -0.05) is 12.2 Å². The van der Waals surface area contributed by atoms with Crippen molar-refractivity contribution in [1.29, 1.82) is 0 Å². The van der Waals surface area contributed by atoms with Gasteiger partial charge in [-0.05, 0) is 19.8 Å². The highest BCUT2D eigenvalue weighted by molar-refractivity contribution is 5.21. The van der Waals surface area contributed by atoms with E-state index in [0.29, 0.717) is 6.10 Å². The number of hydrogen-bond donors (Lipinski definition) is 0. The van der Waals surface area contributed by atoms with E-state index in [4.69, 9.17) is 4.74 Å². The highest BCUT2D eigenvalue weighted by atomic mass is 16.6. The molecule has 1 heteroatoms. The van der Waals surface area contributed by atoms with Crippen molar-refractivity contribution in [2.24, 2.45) is 0 Å². The van der Waals surface area contributed by atoms with Gasteiger partial charge >= 0.3 is 0 Å². The molecule has 0 radical (unpaired) electrons. The molecule has 2 atom stereocenters. The molecule has 2 fully saturated rings. The van der Waals surface area contributed by atoms with Crippen LogP contribution >= 0.6 is 0 Å². The van der Waals surface area contributed by atoms with E-state index >= 15 is 0 Å². The third kappa shape index (κ3) is 0.402. The molecule has 1 aliphatic carbocycles. The maximum Gasteiger partial charge on any atom is 0.0960 e. The molecule has 1 aliphatic heterocycles. The van der Waals surface area contributed by atoms with E-state index in [9.17, 15) is 0 Å². The second kappa shape index (κ2) is 1.01. The molecule has 1 saturated carbocycles. The predicted molar refractivity (Wildman–Crippen MR) is 31.7 cm³/mol. The van der Waals surface area contributed by atoms with Crippen LogP contribution in [-0.4, -0.2) is 11.7 Å². The molecule has 0 N–H and O–H groups in total. The third-order valence-electron chi connectivity index (χ3n) is 2.11. The van der Waals surface area contributed by atoms with Gasteiger partial charge in [0, 0.05) is 0 Å². The predicted octanol–water partition coefficient (Wildman–Crippen LogP) is 1.49. The summed E-state index contributed by atoms with van der Waals surface area (Å²) in [7, 11) is 0. The topological polar surface area (TPSA) is 12.5 Å². The monoisotopic (exact) mass is 110 g/mol. The average Bonchev–Trinajstić information content (AvgIpc) is 2.07. The first kappa shape index (κ1) is 4.57. The zero-order valence-electron chi connectivity index (χ0n) is 5.11. The Morgan fingerprint density at radius 1 is 1.88 bits per heavy atom. The van der Waals surface area contributed by atoms with Crippen molar-refractivity contribution in [3.63, 3.8) is 0 Å². The summed E-state index contributed by atoms with van der Waals surface area (Å²) in [5, 5.41) is 0. The molecule has 1 nitrogen and oxygen atoms in total. The number of epoxide rings is 1. The Bertz CT molecular complexity index is 150. The second-order valence-electron chi connectivity index (χ2n) is 3.05. The molecule has 0 spiro atoms. The van der Waals surface area contributed by atoms with Crippen LogP contribution in [0.5, 0.6) is 0 Å². The second-order valence-corrected chi connectivity index (χ2v) is 3.05. The molecule has 8 heavy (non-hydrogen) atoms. The van der Waals surface area contributed by atoms with E-state index in [1.807, 2.05) is 0 Å². The molecule has 44 valence electrons. The van der Waals surface area contributed by atoms with E-state index < -0.39 is 0 Å². The summed E-state index contributed by atoms with van der Waals surface area (Å²) in [6.45, 7) is 6.06. The van der Waals surface area contributed by atoms with Gasteiger partial charge in [0.2, 0.25) is 0 Å². The molecule has 0 bridgehead atoms. The normalized spacial score (nSPS) is 51.6. The van der Waals surface area contributed by atoms with Crippen molar-refractivity contribution >= 4 is 0 Å². The Hall–Kier alpha value is -0.300. The zero-order valence-corrected chi connectivity index (χ0v) is 5.11. The molecule has 0 aromatic carbocycles. The maximum atomic E-state index is 5.35. The first-order chi connectivity index (χ1) is 3.71. The van der Waals surface area contributed by atoms with Gasteiger partial charge in [0.25, 0.3) is 0 Å². The number of fused-ring (bicyclic) bond motifs is 1. The van der Waals surface area contributed by atoms with Crippen LogP contribution in [0.1, 0.15) is 19.8 Å². The molecule has 1 saturated heterocycles.